The van der Waals surface area contributed by atoms with Gasteiger partial charge in [0.25, 0.3) is 0 Å². The molecule has 0 fully saturated rings. The molecule has 0 aliphatic carbocycles. The number of benzene rings is 1. The molecule has 1 aromatic carbocycles. The minimum absolute atomic E-state index is 0.278. The number of rotatable bonds is 5. The van der Waals surface area contributed by atoms with Gasteiger partial charge in [-0.05, 0) is 49.9 Å². The van der Waals surface area contributed by atoms with Crippen LogP contribution in [-0.2, 0) is 6.42 Å². The van der Waals surface area contributed by atoms with Crippen LogP contribution in [0.2, 0.25) is 0 Å². The van der Waals surface area contributed by atoms with Gasteiger partial charge >= 0.3 is 0 Å². The van der Waals surface area contributed by atoms with Crippen molar-refractivity contribution in [3.05, 3.63) is 29.1 Å². The molecule has 0 spiro atoms. The van der Waals surface area contributed by atoms with Crippen molar-refractivity contribution < 1.29 is 9.13 Å². The predicted molar refractivity (Wildman–Crippen MR) is 59.7 cm³/mol. The van der Waals surface area contributed by atoms with E-state index in [0.29, 0.717) is 12.3 Å². The fraction of sp³-hybridized carbons (Fsp3) is 0.500. The monoisotopic (exact) mass is 211 g/mol. The van der Waals surface area contributed by atoms with Crippen LogP contribution in [-0.4, -0.2) is 13.7 Å². The summed E-state index contributed by atoms with van der Waals surface area (Å²) in [6, 6.07) is 3.46. The average molecular weight is 211 g/mol. The SMILES string of the molecule is COc1c(F)cc(C)cc1CCCCN. The van der Waals surface area contributed by atoms with Gasteiger partial charge in [0.05, 0.1) is 7.11 Å². The summed E-state index contributed by atoms with van der Waals surface area (Å²) in [5, 5.41) is 0. The number of unbranched alkanes of at least 4 members (excludes halogenated alkanes) is 1. The minimum Gasteiger partial charge on any atom is -0.493 e. The summed E-state index contributed by atoms with van der Waals surface area (Å²) in [6.07, 6.45) is 2.74. The Morgan fingerprint density at radius 2 is 2.07 bits per heavy atom. The predicted octanol–water partition coefficient (Wildman–Crippen LogP) is 2.42. The molecule has 2 N–H and O–H groups in total. The number of ether oxygens (including phenoxy) is 1. The van der Waals surface area contributed by atoms with E-state index in [-0.39, 0.29) is 5.82 Å². The lowest BCUT2D eigenvalue weighted by Gasteiger charge is -2.10. The highest BCUT2D eigenvalue weighted by molar-refractivity contribution is 5.38. The van der Waals surface area contributed by atoms with Gasteiger partial charge in [0.1, 0.15) is 0 Å². The lowest BCUT2D eigenvalue weighted by Crippen LogP contribution is -2.01. The first kappa shape index (κ1) is 12.0. The molecular formula is C12H18FNO. The molecule has 84 valence electrons. The van der Waals surface area contributed by atoms with Gasteiger partial charge in [0.15, 0.2) is 11.6 Å². The normalized spacial score (nSPS) is 10.4. The number of nitrogens with two attached hydrogens (primary N) is 1. The molecule has 3 heteroatoms. The molecule has 1 aromatic rings. The summed E-state index contributed by atoms with van der Waals surface area (Å²) in [5.74, 6) is 0.0952. The Balaban J connectivity index is 2.84. The van der Waals surface area contributed by atoms with Crippen LogP contribution < -0.4 is 10.5 Å². The fourth-order valence-electron chi connectivity index (χ4n) is 1.67. The zero-order valence-electron chi connectivity index (χ0n) is 9.35. The van der Waals surface area contributed by atoms with E-state index in [1.165, 1.54) is 13.2 Å². The highest BCUT2D eigenvalue weighted by Crippen LogP contribution is 2.25. The second-order valence-corrected chi connectivity index (χ2v) is 3.68. The quantitative estimate of drug-likeness (QED) is 0.759. The Morgan fingerprint density at radius 1 is 1.33 bits per heavy atom. The topological polar surface area (TPSA) is 35.2 Å². The first-order valence-corrected chi connectivity index (χ1v) is 5.22. The van der Waals surface area contributed by atoms with Crippen LogP contribution in [0.25, 0.3) is 0 Å². The summed E-state index contributed by atoms with van der Waals surface area (Å²) in [5.41, 5.74) is 7.28. The van der Waals surface area contributed by atoms with Crippen molar-refractivity contribution in [3.8, 4) is 5.75 Å². The molecule has 2 nitrogen and oxygen atoms in total. The van der Waals surface area contributed by atoms with Crippen LogP contribution in [0.4, 0.5) is 4.39 Å². The maximum absolute atomic E-state index is 13.5. The van der Waals surface area contributed by atoms with Crippen molar-refractivity contribution >= 4 is 0 Å². The number of methoxy groups -OCH3 is 1. The molecule has 0 atom stereocenters. The lowest BCUT2D eigenvalue weighted by atomic mass is 10.0. The van der Waals surface area contributed by atoms with E-state index in [1.54, 1.807) is 0 Å². The van der Waals surface area contributed by atoms with Crippen molar-refractivity contribution in [2.75, 3.05) is 13.7 Å². The Bertz CT molecular complexity index is 326. The van der Waals surface area contributed by atoms with Crippen LogP contribution in [0.15, 0.2) is 12.1 Å². The van der Waals surface area contributed by atoms with E-state index < -0.39 is 0 Å². The smallest absolute Gasteiger partial charge is 0.165 e. The molecule has 0 amide bonds. The van der Waals surface area contributed by atoms with Gasteiger partial charge in [-0.15, -0.1) is 0 Å². The molecule has 0 aliphatic heterocycles. The summed E-state index contributed by atoms with van der Waals surface area (Å²) >= 11 is 0. The molecule has 0 heterocycles. The van der Waals surface area contributed by atoms with E-state index in [1.807, 2.05) is 13.0 Å². The number of hydrogen-bond acceptors (Lipinski definition) is 2. The van der Waals surface area contributed by atoms with E-state index in [4.69, 9.17) is 10.5 Å². The van der Waals surface area contributed by atoms with Gasteiger partial charge < -0.3 is 10.5 Å². The molecule has 1 rings (SSSR count). The van der Waals surface area contributed by atoms with Crippen LogP contribution in [0.1, 0.15) is 24.0 Å². The Hall–Kier alpha value is -1.09. The number of hydrogen-bond donors (Lipinski definition) is 1. The van der Waals surface area contributed by atoms with Crippen molar-refractivity contribution in [3.63, 3.8) is 0 Å². The van der Waals surface area contributed by atoms with Gasteiger partial charge in [0.2, 0.25) is 0 Å². The molecule has 0 unspecified atom stereocenters. The molecule has 0 saturated heterocycles. The van der Waals surface area contributed by atoms with Gasteiger partial charge in [-0.3, -0.25) is 0 Å². The highest BCUT2D eigenvalue weighted by atomic mass is 19.1. The van der Waals surface area contributed by atoms with Crippen molar-refractivity contribution in [1.82, 2.24) is 0 Å². The Morgan fingerprint density at radius 3 is 2.67 bits per heavy atom. The standard InChI is InChI=1S/C12H18FNO/c1-9-7-10(5-3-4-6-14)12(15-2)11(13)8-9/h7-8H,3-6,14H2,1-2H3. The first-order valence-electron chi connectivity index (χ1n) is 5.22. The van der Waals surface area contributed by atoms with E-state index in [0.717, 1.165) is 30.4 Å². The zero-order valence-corrected chi connectivity index (χ0v) is 9.35. The minimum atomic E-state index is -0.278. The zero-order chi connectivity index (χ0) is 11.3. The maximum atomic E-state index is 13.5. The Labute approximate surface area is 90.2 Å². The molecule has 0 radical (unpaired) electrons. The van der Waals surface area contributed by atoms with E-state index >= 15 is 0 Å². The third-order valence-corrected chi connectivity index (χ3v) is 2.37. The summed E-state index contributed by atoms with van der Waals surface area (Å²) < 4.78 is 18.5. The Kier molecular flexibility index (Phi) is 4.56. The molecule has 0 aliphatic rings. The number of aryl methyl sites for hydroxylation is 2. The third kappa shape index (κ3) is 3.20. The molecule has 15 heavy (non-hydrogen) atoms. The van der Waals surface area contributed by atoms with Gasteiger partial charge in [-0.1, -0.05) is 6.07 Å². The van der Waals surface area contributed by atoms with Gasteiger partial charge in [-0.2, -0.15) is 0 Å². The first-order chi connectivity index (χ1) is 7.19. The number of halogens is 1. The highest BCUT2D eigenvalue weighted by Gasteiger charge is 2.09. The van der Waals surface area contributed by atoms with Gasteiger partial charge in [0, 0.05) is 0 Å². The molecule has 0 aromatic heterocycles. The van der Waals surface area contributed by atoms with Gasteiger partial charge in [-0.25, -0.2) is 4.39 Å². The van der Waals surface area contributed by atoms with Crippen LogP contribution in [0.5, 0.6) is 5.75 Å². The van der Waals surface area contributed by atoms with Crippen molar-refractivity contribution in [2.45, 2.75) is 26.2 Å². The molecule has 0 bridgehead atoms. The molecule has 0 saturated carbocycles. The van der Waals surface area contributed by atoms with Crippen LogP contribution in [0.3, 0.4) is 0 Å². The van der Waals surface area contributed by atoms with E-state index in [2.05, 4.69) is 0 Å². The molecular weight excluding hydrogens is 193 g/mol. The lowest BCUT2D eigenvalue weighted by molar-refractivity contribution is 0.380. The average Bonchev–Trinajstić information content (AvgIpc) is 2.17. The second kappa shape index (κ2) is 5.71. The largest absolute Gasteiger partial charge is 0.493 e. The maximum Gasteiger partial charge on any atom is 0.165 e. The van der Waals surface area contributed by atoms with Crippen molar-refractivity contribution in [2.24, 2.45) is 5.73 Å². The summed E-state index contributed by atoms with van der Waals surface area (Å²) in [6.45, 7) is 2.56. The van der Waals surface area contributed by atoms with Crippen molar-refractivity contribution in [1.29, 1.82) is 0 Å². The van der Waals surface area contributed by atoms with E-state index in [9.17, 15) is 4.39 Å². The second-order valence-electron chi connectivity index (χ2n) is 3.68. The third-order valence-electron chi connectivity index (χ3n) is 2.37. The van der Waals surface area contributed by atoms with Crippen LogP contribution >= 0.6 is 0 Å². The summed E-state index contributed by atoms with van der Waals surface area (Å²) in [4.78, 5) is 0. The summed E-state index contributed by atoms with van der Waals surface area (Å²) in [7, 11) is 1.50. The van der Waals surface area contributed by atoms with Crippen LogP contribution in [0, 0.1) is 12.7 Å². The fourth-order valence-corrected chi connectivity index (χ4v) is 1.67.